The number of hydrogen-bond acceptors (Lipinski definition) is 2. The average molecular weight is 273 g/mol. The molecule has 1 aliphatic rings. The minimum Gasteiger partial charge on any atom is -0.389 e. The van der Waals surface area contributed by atoms with E-state index < -0.39 is 5.60 Å². The van der Waals surface area contributed by atoms with Gasteiger partial charge < -0.3 is 5.11 Å². The average Bonchev–Trinajstić information content (AvgIpc) is 2.68. The van der Waals surface area contributed by atoms with Crippen molar-refractivity contribution in [2.24, 2.45) is 7.05 Å². The van der Waals surface area contributed by atoms with Gasteiger partial charge in [-0.1, -0.05) is 12.8 Å². The van der Waals surface area contributed by atoms with Gasteiger partial charge in [0.05, 0.1) is 21.5 Å². The third-order valence-electron chi connectivity index (χ3n) is 3.29. The summed E-state index contributed by atoms with van der Waals surface area (Å²) in [6.45, 7) is 1.98. The number of aryl methyl sites for hydroxylation is 2. The topological polar surface area (TPSA) is 38.0 Å². The van der Waals surface area contributed by atoms with Crippen LogP contribution in [0.3, 0.4) is 0 Å². The molecule has 1 heterocycles. The lowest BCUT2D eigenvalue weighted by Crippen LogP contribution is -2.28. The fourth-order valence-electron chi connectivity index (χ4n) is 2.39. The second kappa shape index (κ2) is 3.91. The van der Waals surface area contributed by atoms with E-state index in [1.54, 1.807) is 0 Å². The van der Waals surface area contributed by atoms with Crippen molar-refractivity contribution >= 4 is 15.9 Å². The Morgan fingerprint density at radius 3 is 2.53 bits per heavy atom. The molecule has 0 saturated heterocycles. The van der Waals surface area contributed by atoms with Crippen molar-refractivity contribution in [3.05, 3.63) is 15.9 Å². The van der Waals surface area contributed by atoms with Gasteiger partial charge in [0.1, 0.15) is 0 Å². The molecule has 0 spiro atoms. The van der Waals surface area contributed by atoms with Crippen LogP contribution < -0.4 is 0 Å². The first-order valence-electron chi connectivity index (χ1n) is 5.42. The second-order valence-corrected chi connectivity index (χ2v) is 5.37. The summed E-state index contributed by atoms with van der Waals surface area (Å²) in [6, 6.07) is 0. The number of hydrogen-bond donors (Lipinski definition) is 1. The zero-order valence-corrected chi connectivity index (χ0v) is 10.8. The molecule has 4 heteroatoms. The minimum atomic E-state index is -0.497. The first-order valence-corrected chi connectivity index (χ1v) is 6.21. The summed E-state index contributed by atoms with van der Waals surface area (Å²) in [5, 5.41) is 14.7. The van der Waals surface area contributed by atoms with E-state index in [0.717, 1.165) is 41.5 Å². The monoisotopic (exact) mass is 272 g/mol. The summed E-state index contributed by atoms with van der Waals surface area (Å²) in [6.07, 6.45) is 4.84. The van der Waals surface area contributed by atoms with E-state index in [1.165, 1.54) is 0 Å². The number of aliphatic hydroxyl groups is 1. The van der Waals surface area contributed by atoms with E-state index in [1.807, 2.05) is 18.7 Å². The fourth-order valence-corrected chi connectivity index (χ4v) is 2.87. The molecular weight excluding hydrogens is 256 g/mol. The molecule has 0 radical (unpaired) electrons. The summed E-state index contributed by atoms with van der Waals surface area (Å²) >= 11 is 3.54. The van der Waals surface area contributed by atoms with E-state index in [0.29, 0.717) is 6.42 Å². The molecule has 0 bridgehead atoms. The quantitative estimate of drug-likeness (QED) is 0.898. The molecule has 0 amide bonds. The van der Waals surface area contributed by atoms with Crippen molar-refractivity contribution in [2.75, 3.05) is 0 Å². The van der Waals surface area contributed by atoms with Crippen LogP contribution in [-0.4, -0.2) is 20.5 Å². The zero-order valence-electron chi connectivity index (χ0n) is 9.26. The smallest absolute Gasteiger partial charge is 0.0738 e. The van der Waals surface area contributed by atoms with Gasteiger partial charge in [-0.3, -0.25) is 4.68 Å². The fraction of sp³-hybridized carbons (Fsp3) is 0.727. The molecule has 1 saturated carbocycles. The molecule has 3 nitrogen and oxygen atoms in total. The highest BCUT2D eigenvalue weighted by Gasteiger charge is 2.33. The van der Waals surface area contributed by atoms with E-state index in [9.17, 15) is 5.11 Å². The highest BCUT2D eigenvalue weighted by molar-refractivity contribution is 9.10. The van der Waals surface area contributed by atoms with Crippen LogP contribution in [0.2, 0.25) is 0 Å². The molecular formula is C11H17BrN2O. The molecule has 1 N–H and O–H groups in total. The first-order chi connectivity index (χ1) is 7.02. The van der Waals surface area contributed by atoms with Gasteiger partial charge in [-0.25, -0.2) is 0 Å². The van der Waals surface area contributed by atoms with Crippen molar-refractivity contribution in [1.29, 1.82) is 0 Å². The molecule has 0 aliphatic heterocycles. The summed E-state index contributed by atoms with van der Waals surface area (Å²) < 4.78 is 2.92. The maximum Gasteiger partial charge on any atom is 0.0738 e. The first kappa shape index (κ1) is 11.1. The third kappa shape index (κ3) is 2.11. The van der Waals surface area contributed by atoms with Gasteiger partial charge in [0.2, 0.25) is 0 Å². The number of nitrogens with zero attached hydrogens (tertiary/aromatic N) is 2. The Morgan fingerprint density at radius 2 is 2.07 bits per heavy atom. The normalized spacial score (nSPS) is 19.7. The molecule has 0 aromatic carbocycles. The SMILES string of the molecule is Cc1nn(C)c(CC2(O)CCCC2)c1Br. The van der Waals surface area contributed by atoms with Crippen molar-refractivity contribution in [3.63, 3.8) is 0 Å². The van der Waals surface area contributed by atoms with Gasteiger partial charge >= 0.3 is 0 Å². The van der Waals surface area contributed by atoms with Crippen LogP contribution in [0.4, 0.5) is 0 Å². The summed E-state index contributed by atoms with van der Waals surface area (Å²) in [5.74, 6) is 0. The summed E-state index contributed by atoms with van der Waals surface area (Å²) in [7, 11) is 1.94. The standard InChI is InChI=1S/C11H17BrN2O/c1-8-10(12)9(14(2)13-8)7-11(15)5-3-4-6-11/h15H,3-7H2,1-2H3. The largest absolute Gasteiger partial charge is 0.389 e. The molecule has 15 heavy (non-hydrogen) atoms. The van der Waals surface area contributed by atoms with E-state index in [4.69, 9.17) is 0 Å². The van der Waals surface area contributed by atoms with Gasteiger partial charge in [-0.15, -0.1) is 0 Å². The predicted octanol–water partition coefficient (Wildman–Crippen LogP) is 2.34. The summed E-state index contributed by atoms with van der Waals surface area (Å²) in [4.78, 5) is 0. The van der Waals surface area contributed by atoms with Crippen LogP contribution in [0.5, 0.6) is 0 Å². The van der Waals surface area contributed by atoms with Crippen molar-refractivity contribution < 1.29 is 5.11 Å². The predicted molar refractivity (Wildman–Crippen MR) is 62.8 cm³/mol. The Morgan fingerprint density at radius 1 is 1.47 bits per heavy atom. The Labute approximate surface area is 98.6 Å². The Balaban J connectivity index is 2.23. The maximum absolute atomic E-state index is 10.3. The van der Waals surface area contributed by atoms with Gasteiger partial charge in [-0.2, -0.15) is 5.10 Å². The number of rotatable bonds is 2. The van der Waals surface area contributed by atoms with Crippen LogP contribution >= 0.6 is 15.9 Å². The molecule has 1 aromatic rings. The highest BCUT2D eigenvalue weighted by atomic mass is 79.9. The van der Waals surface area contributed by atoms with E-state index in [2.05, 4.69) is 21.0 Å². The van der Waals surface area contributed by atoms with Gasteiger partial charge in [0, 0.05) is 13.5 Å². The molecule has 2 rings (SSSR count). The molecule has 1 aromatic heterocycles. The van der Waals surface area contributed by atoms with Gasteiger partial charge in [0.25, 0.3) is 0 Å². The second-order valence-electron chi connectivity index (χ2n) is 4.58. The zero-order chi connectivity index (χ0) is 11.1. The van der Waals surface area contributed by atoms with Crippen LogP contribution in [0, 0.1) is 6.92 Å². The van der Waals surface area contributed by atoms with Crippen molar-refractivity contribution in [2.45, 2.75) is 44.6 Å². The van der Waals surface area contributed by atoms with Crippen LogP contribution in [0.25, 0.3) is 0 Å². The lowest BCUT2D eigenvalue weighted by atomic mass is 9.96. The molecule has 0 unspecified atom stereocenters. The van der Waals surface area contributed by atoms with Gasteiger partial charge in [0.15, 0.2) is 0 Å². The molecule has 1 aliphatic carbocycles. The van der Waals surface area contributed by atoms with Crippen LogP contribution in [0.1, 0.15) is 37.1 Å². The third-order valence-corrected chi connectivity index (χ3v) is 4.32. The Bertz CT molecular complexity index is 367. The van der Waals surface area contributed by atoms with E-state index >= 15 is 0 Å². The minimum absolute atomic E-state index is 0.497. The maximum atomic E-state index is 10.3. The van der Waals surface area contributed by atoms with Crippen molar-refractivity contribution in [3.8, 4) is 0 Å². The van der Waals surface area contributed by atoms with Crippen LogP contribution in [-0.2, 0) is 13.5 Å². The van der Waals surface area contributed by atoms with E-state index in [-0.39, 0.29) is 0 Å². The molecule has 0 atom stereocenters. The number of halogens is 1. The lowest BCUT2D eigenvalue weighted by Gasteiger charge is -2.22. The Kier molecular flexibility index (Phi) is 2.90. The molecule has 1 fully saturated rings. The Hall–Kier alpha value is -0.350. The van der Waals surface area contributed by atoms with Crippen LogP contribution in [0.15, 0.2) is 4.47 Å². The lowest BCUT2D eigenvalue weighted by molar-refractivity contribution is 0.0461. The molecule has 84 valence electrons. The number of aromatic nitrogens is 2. The van der Waals surface area contributed by atoms with Crippen molar-refractivity contribution in [1.82, 2.24) is 9.78 Å². The summed E-state index contributed by atoms with van der Waals surface area (Å²) in [5.41, 5.74) is 1.61. The highest BCUT2D eigenvalue weighted by Crippen LogP contribution is 2.34. The van der Waals surface area contributed by atoms with Gasteiger partial charge in [-0.05, 0) is 35.7 Å².